The van der Waals surface area contributed by atoms with Gasteiger partial charge in [0.25, 0.3) is 0 Å². The fourth-order valence-corrected chi connectivity index (χ4v) is 5.29. The summed E-state index contributed by atoms with van der Waals surface area (Å²) in [6.07, 6.45) is 6.95. The molecule has 0 saturated carbocycles. The van der Waals surface area contributed by atoms with E-state index in [0.717, 1.165) is 27.5 Å². The molecule has 0 amide bonds. The van der Waals surface area contributed by atoms with Gasteiger partial charge in [-0.15, -0.1) is 11.3 Å². The molecular weight excluding hydrogens is 380 g/mol. The molecule has 5 aromatic heterocycles. The van der Waals surface area contributed by atoms with E-state index >= 15 is 0 Å². The minimum absolute atomic E-state index is 0.668. The zero-order chi connectivity index (χ0) is 18.9. The number of benzene rings is 2. The molecule has 0 fully saturated rings. The topological polar surface area (TPSA) is 61.4 Å². The smallest absolute Gasteiger partial charge is 0.182 e. The lowest BCUT2D eigenvalue weighted by molar-refractivity contribution is 0.735. The Morgan fingerprint density at radius 1 is 0.759 bits per heavy atom. The van der Waals surface area contributed by atoms with Gasteiger partial charge >= 0.3 is 0 Å². The fraction of sp³-hybridized carbons (Fsp3) is 0. The van der Waals surface area contributed by atoms with E-state index in [1.54, 1.807) is 12.5 Å². The highest BCUT2D eigenvalue weighted by atomic mass is 32.1. The Balaban J connectivity index is 1.70. The van der Waals surface area contributed by atoms with Crippen LogP contribution in [0.15, 0.2) is 73.6 Å². The third kappa shape index (κ3) is 1.94. The van der Waals surface area contributed by atoms with Gasteiger partial charge in [0.1, 0.15) is 18.2 Å². The molecule has 7 rings (SSSR count). The minimum atomic E-state index is 0.668. The van der Waals surface area contributed by atoms with E-state index in [0.29, 0.717) is 5.65 Å². The van der Waals surface area contributed by atoms with Crippen LogP contribution in [0.5, 0.6) is 0 Å². The summed E-state index contributed by atoms with van der Waals surface area (Å²) in [6.45, 7) is 0. The molecule has 7 heteroatoms. The Hall–Kier alpha value is -3.84. The minimum Gasteiger partial charge on any atom is -0.254 e. The van der Waals surface area contributed by atoms with Gasteiger partial charge in [-0.25, -0.2) is 24.3 Å². The van der Waals surface area contributed by atoms with E-state index in [1.807, 2.05) is 28.3 Å². The molecule has 0 aliphatic rings. The summed E-state index contributed by atoms with van der Waals surface area (Å²) in [5.74, 6) is 0. The lowest BCUT2D eigenvalue weighted by Gasteiger charge is -2.09. The second-order valence-electron chi connectivity index (χ2n) is 6.97. The number of nitrogens with zero attached hydrogens (tertiary/aromatic N) is 6. The third-order valence-electron chi connectivity index (χ3n) is 5.42. The van der Waals surface area contributed by atoms with Crippen molar-refractivity contribution in [3.63, 3.8) is 0 Å². The Labute approximate surface area is 167 Å². The molecule has 29 heavy (non-hydrogen) atoms. The second-order valence-corrected chi connectivity index (χ2v) is 8.05. The number of imidazole rings is 1. The van der Waals surface area contributed by atoms with Crippen LogP contribution >= 0.6 is 11.3 Å². The third-order valence-corrected chi connectivity index (χ3v) is 6.55. The van der Waals surface area contributed by atoms with Crippen LogP contribution in [-0.2, 0) is 0 Å². The number of hydrogen-bond acceptors (Lipinski definition) is 5. The van der Waals surface area contributed by atoms with Crippen LogP contribution in [0.4, 0.5) is 0 Å². The largest absolute Gasteiger partial charge is 0.254 e. The van der Waals surface area contributed by atoms with E-state index in [2.05, 4.69) is 62.1 Å². The number of aromatic nitrogens is 6. The Morgan fingerprint density at radius 2 is 1.72 bits per heavy atom. The molecule has 0 radical (unpaired) electrons. The summed E-state index contributed by atoms with van der Waals surface area (Å²) in [4.78, 5) is 17.6. The van der Waals surface area contributed by atoms with Crippen LogP contribution in [0, 0.1) is 0 Å². The lowest BCUT2D eigenvalue weighted by Crippen LogP contribution is -2.07. The van der Waals surface area contributed by atoms with Crippen molar-refractivity contribution in [1.29, 1.82) is 0 Å². The van der Waals surface area contributed by atoms with Gasteiger partial charge in [-0.05, 0) is 30.3 Å². The van der Waals surface area contributed by atoms with E-state index in [4.69, 9.17) is 4.98 Å². The number of fused-ring (bicyclic) bond motifs is 7. The lowest BCUT2D eigenvalue weighted by atomic mass is 10.1. The summed E-state index contributed by atoms with van der Waals surface area (Å²) in [5.41, 5.74) is 4.60. The van der Waals surface area contributed by atoms with Crippen LogP contribution in [0.2, 0.25) is 0 Å². The summed E-state index contributed by atoms with van der Waals surface area (Å²) in [5, 5.41) is 3.67. The van der Waals surface area contributed by atoms with Crippen LogP contribution in [0.1, 0.15) is 0 Å². The first kappa shape index (κ1) is 15.1. The molecule has 0 spiro atoms. The molecule has 0 atom stereocenters. The highest BCUT2D eigenvalue weighted by molar-refractivity contribution is 7.25. The first-order chi connectivity index (χ1) is 14.4. The van der Waals surface area contributed by atoms with Gasteiger partial charge in [0.15, 0.2) is 5.65 Å². The summed E-state index contributed by atoms with van der Waals surface area (Å²) in [7, 11) is 0. The van der Waals surface area contributed by atoms with Crippen LogP contribution in [0.3, 0.4) is 0 Å². The predicted octanol–water partition coefficient (Wildman–Crippen LogP) is 5.01. The van der Waals surface area contributed by atoms with Gasteiger partial charge in [-0.1, -0.05) is 18.2 Å². The average molecular weight is 392 g/mol. The van der Waals surface area contributed by atoms with Crippen molar-refractivity contribution in [1.82, 2.24) is 29.3 Å². The Bertz CT molecular complexity index is 1720. The van der Waals surface area contributed by atoms with E-state index < -0.39 is 0 Å². The van der Waals surface area contributed by atoms with Gasteiger partial charge in [0.05, 0.1) is 22.7 Å². The molecule has 0 N–H and O–H groups in total. The highest BCUT2D eigenvalue weighted by Gasteiger charge is 2.17. The average Bonchev–Trinajstić information content (AvgIpc) is 3.43. The SMILES string of the molecule is c1ccc2c(c1)sc1cc3c(cc12)c1ncccc1n3-n1cnc2ncncc21. The van der Waals surface area contributed by atoms with Crippen molar-refractivity contribution in [3.05, 3.63) is 73.6 Å². The highest BCUT2D eigenvalue weighted by Crippen LogP contribution is 2.39. The molecule has 2 aromatic carbocycles. The molecule has 5 heterocycles. The van der Waals surface area contributed by atoms with E-state index in [9.17, 15) is 0 Å². The molecular formula is C22H12N6S. The number of pyridine rings is 1. The summed E-state index contributed by atoms with van der Waals surface area (Å²) < 4.78 is 6.70. The number of thiophene rings is 1. The van der Waals surface area contributed by atoms with Gasteiger partial charge in [0.2, 0.25) is 0 Å². The standard InChI is InChI=1S/C22H12N6S/c1-2-6-19-13(4-1)14-8-15-17(9-20(14)29-19)28(16-5-3-7-24-21(15)16)27-12-26-22-18(27)10-23-11-25-22/h1-12H. The van der Waals surface area contributed by atoms with E-state index in [1.165, 1.54) is 26.5 Å². The molecule has 7 aromatic rings. The van der Waals surface area contributed by atoms with E-state index in [-0.39, 0.29) is 0 Å². The number of hydrogen-bond donors (Lipinski definition) is 0. The van der Waals surface area contributed by atoms with Gasteiger partial charge in [0, 0.05) is 31.8 Å². The van der Waals surface area contributed by atoms with Gasteiger partial charge in [-0.2, -0.15) is 0 Å². The predicted molar refractivity (Wildman–Crippen MR) is 116 cm³/mol. The van der Waals surface area contributed by atoms with Gasteiger partial charge in [-0.3, -0.25) is 4.98 Å². The van der Waals surface area contributed by atoms with Crippen LogP contribution in [0.25, 0.3) is 53.3 Å². The molecule has 0 unspecified atom stereocenters. The molecule has 0 aliphatic heterocycles. The first-order valence-corrected chi connectivity index (χ1v) is 10.0. The van der Waals surface area contributed by atoms with Crippen LogP contribution in [-0.4, -0.2) is 29.3 Å². The second kappa shape index (κ2) is 5.36. The normalized spacial score (nSPS) is 12.1. The maximum atomic E-state index is 4.71. The quantitative estimate of drug-likeness (QED) is 0.394. The van der Waals surface area contributed by atoms with Crippen molar-refractivity contribution < 1.29 is 0 Å². The first-order valence-electron chi connectivity index (χ1n) is 9.23. The molecule has 6 nitrogen and oxygen atoms in total. The zero-order valence-corrected chi connectivity index (χ0v) is 15.8. The molecule has 0 aliphatic carbocycles. The maximum absolute atomic E-state index is 4.71. The van der Waals surface area contributed by atoms with Gasteiger partial charge < -0.3 is 0 Å². The number of rotatable bonds is 1. The van der Waals surface area contributed by atoms with Crippen molar-refractivity contribution in [2.24, 2.45) is 0 Å². The maximum Gasteiger partial charge on any atom is 0.182 e. The summed E-state index contributed by atoms with van der Waals surface area (Å²) >= 11 is 1.81. The Kier molecular flexibility index (Phi) is 2.80. The summed E-state index contributed by atoms with van der Waals surface area (Å²) in [6, 6.07) is 17.1. The van der Waals surface area contributed by atoms with Crippen molar-refractivity contribution in [2.45, 2.75) is 0 Å². The van der Waals surface area contributed by atoms with Crippen LogP contribution < -0.4 is 0 Å². The van der Waals surface area contributed by atoms with Crippen molar-refractivity contribution in [3.8, 4) is 0 Å². The Morgan fingerprint density at radius 3 is 2.72 bits per heavy atom. The molecule has 136 valence electrons. The zero-order valence-electron chi connectivity index (χ0n) is 15.0. The molecule has 0 bridgehead atoms. The molecule has 0 saturated heterocycles. The van der Waals surface area contributed by atoms with Crippen molar-refractivity contribution >= 4 is 64.6 Å². The fourth-order valence-electron chi connectivity index (χ4n) is 4.17. The van der Waals surface area contributed by atoms with Crippen molar-refractivity contribution in [2.75, 3.05) is 0 Å². The monoisotopic (exact) mass is 392 g/mol.